The van der Waals surface area contributed by atoms with Gasteiger partial charge in [-0.15, -0.1) is 0 Å². The zero-order chi connectivity index (χ0) is 11.5. The average molecular weight is 216 g/mol. The van der Waals surface area contributed by atoms with Crippen LogP contribution >= 0.6 is 0 Å². The Kier molecular flexibility index (Phi) is 2.68. The normalized spacial score (nSPS) is 10.3. The maximum atomic E-state index is 11.2. The number of nitrogens with zero attached hydrogens (tertiary/aromatic N) is 3. The van der Waals surface area contributed by atoms with Crippen molar-refractivity contribution in [2.45, 2.75) is 13.3 Å². The molecule has 0 bridgehead atoms. The van der Waals surface area contributed by atoms with Crippen LogP contribution in [-0.4, -0.2) is 20.4 Å². The monoisotopic (exact) mass is 216 g/mol. The number of nitrogens with two attached hydrogens (primary N) is 1. The summed E-state index contributed by atoms with van der Waals surface area (Å²) in [5.41, 5.74) is 7.12. The Morgan fingerprint density at radius 3 is 2.94 bits per heavy atom. The van der Waals surface area contributed by atoms with E-state index < -0.39 is 5.91 Å². The summed E-state index contributed by atoms with van der Waals surface area (Å²) in [7, 11) is 0. The van der Waals surface area contributed by atoms with Crippen molar-refractivity contribution in [3.8, 4) is 5.69 Å². The minimum atomic E-state index is -0.539. The number of primary amides is 1. The van der Waals surface area contributed by atoms with E-state index in [0.29, 0.717) is 5.69 Å². The molecule has 16 heavy (non-hydrogen) atoms. The zero-order valence-corrected chi connectivity index (χ0v) is 8.92. The lowest BCUT2D eigenvalue weighted by Gasteiger charge is -2.05. The van der Waals surface area contributed by atoms with Crippen LogP contribution in [0.4, 0.5) is 0 Å². The first kappa shape index (κ1) is 10.4. The third-order valence-electron chi connectivity index (χ3n) is 2.30. The highest BCUT2D eigenvalue weighted by molar-refractivity contribution is 5.94. The number of rotatable bonds is 3. The molecule has 0 radical (unpaired) electrons. The lowest BCUT2D eigenvalue weighted by atomic mass is 10.3. The fraction of sp³-hybridized carbons (Fsp3) is 0.182. The highest BCUT2D eigenvalue weighted by atomic mass is 16.1. The van der Waals surface area contributed by atoms with Crippen molar-refractivity contribution in [3.05, 3.63) is 42.2 Å². The van der Waals surface area contributed by atoms with Crippen LogP contribution in [0.25, 0.3) is 5.69 Å². The topological polar surface area (TPSA) is 73.8 Å². The molecule has 0 aliphatic rings. The first-order chi connectivity index (χ1) is 7.72. The molecule has 0 aliphatic heterocycles. The van der Waals surface area contributed by atoms with Gasteiger partial charge in [-0.25, -0.2) is 9.97 Å². The Labute approximate surface area is 92.9 Å². The first-order valence-electron chi connectivity index (χ1n) is 5.00. The van der Waals surface area contributed by atoms with Crippen LogP contribution in [-0.2, 0) is 6.42 Å². The number of imidazole rings is 1. The molecule has 2 heterocycles. The van der Waals surface area contributed by atoms with E-state index in [1.54, 1.807) is 29.2 Å². The minimum absolute atomic E-state index is 0.252. The molecule has 0 atom stereocenters. The van der Waals surface area contributed by atoms with Crippen molar-refractivity contribution >= 4 is 5.91 Å². The highest BCUT2D eigenvalue weighted by Crippen LogP contribution is 2.12. The molecule has 0 fully saturated rings. The number of aromatic nitrogens is 3. The molecule has 82 valence electrons. The number of carbonyl (C=O) groups excluding carboxylic acids is 1. The Morgan fingerprint density at radius 2 is 2.31 bits per heavy atom. The van der Waals surface area contributed by atoms with Crippen LogP contribution < -0.4 is 5.73 Å². The van der Waals surface area contributed by atoms with Crippen molar-refractivity contribution < 1.29 is 4.79 Å². The average Bonchev–Trinajstić information content (AvgIpc) is 2.77. The van der Waals surface area contributed by atoms with Gasteiger partial charge in [0, 0.05) is 12.4 Å². The second kappa shape index (κ2) is 4.14. The fourth-order valence-corrected chi connectivity index (χ4v) is 1.47. The van der Waals surface area contributed by atoms with Gasteiger partial charge in [-0.2, -0.15) is 0 Å². The molecule has 2 rings (SSSR count). The summed E-state index contributed by atoms with van der Waals surface area (Å²) in [4.78, 5) is 19.4. The van der Waals surface area contributed by atoms with Crippen LogP contribution in [0.1, 0.15) is 23.1 Å². The van der Waals surface area contributed by atoms with E-state index >= 15 is 0 Å². The molecule has 0 aliphatic carbocycles. The van der Waals surface area contributed by atoms with Gasteiger partial charge >= 0.3 is 0 Å². The molecular formula is C11H12N4O. The van der Waals surface area contributed by atoms with Crippen LogP contribution in [0.15, 0.2) is 30.9 Å². The molecule has 5 nitrogen and oxygen atoms in total. The van der Waals surface area contributed by atoms with Crippen molar-refractivity contribution in [1.82, 2.24) is 14.5 Å². The van der Waals surface area contributed by atoms with Crippen LogP contribution in [0, 0.1) is 0 Å². The summed E-state index contributed by atoms with van der Waals surface area (Å²) in [6.07, 6.45) is 5.91. The Bertz CT molecular complexity index is 518. The Balaban J connectivity index is 2.50. The Hall–Kier alpha value is -2.17. The second-order valence-corrected chi connectivity index (χ2v) is 3.36. The van der Waals surface area contributed by atoms with E-state index in [9.17, 15) is 4.79 Å². The summed E-state index contributed by atoms with van der Waals surface area (Å²) in [6, 6.07) is 3.54. The van der Waals surface area contributed by atoms with Gasteiger partial charge in [-0.05, 0) is 18.6 Å². The SMILES string of the molecule is CCc1cn(-c2cccnc2C(N)=O)cn1. The largest absolute Gasteiger partial charge is 0.364 e. The van der Waals surface area contributed by atoms with Gasteiger partial charge in [-0.1, -0.05) is 6.92 Å². The van der Waals surface area contributed by atoms with Gasteiger partial charge in [0.15, 0.2) is 5.69 Å². The lowest BCUT2D eigenvalue weighted by Crippen LogP contribution is -2.16. The molecule has 1 amide bonds. The predicted molar refractivity (Wildman–Crippen MR) is 59.3 cm³/mol. The van der Waals surface area contributed by atoms with Gasteiger partial charge in [0.25, 0.3) is 5.91 Å². The van der Waals surface area contributed by atoms with Gasteiger partial charge in [0.1, 0.15) is 0 Å². The van der Waals surface area contributed by atoms with Crippen molar-refractivity contribution in [2.24, 2.45) is 5.73 Å². The van der Waals surface area contributed by atoms with Gasteiger partial charge in [-0.3, -0.25) is 4.79 Å². The molecule has 2 N–H and O–H groups in total. The zero-order valence-electron chi connectivity index (χ0n) is 8.92. The van der Waals surface area contributed by atoms with E-state index in [-0.39, 0.29) is 5.69 Å². The maximum Gasteiger partial charge on any atom is 0.269 e. The summed E-state index contributed by atoms with van der Waals surface area (Å²) in [6.45, 7) is 2.02. The number of carbonyl (C=O) groups is 1. The molecule has 0 spiro atoms. The lowest BCUT2D eigenvalue weighted by molar-refractivity contribution is 0.0995. The fourth-order valence-electron chi connectivity index (χ4n) is 1.47. The van der Waals surface area contributed by atoms with Crippen molar-refractivity contribution in [2.75, 3.05) is 0 Å². The van der Waals surface area contributed by atoms with Crippen LogP contribution in [0.3, 0.4) is 0 Å². The molecule has 0 aromatic carbocycles. The molecule has 0 saturated heterocycles. The molecule has 2 aromatic heterocycles. The third-order valence-corrected chi connectivity index (χ3v) is 2.30. The molecule has 0 unspecified atom stereocenters. The molecule has 5 heteroatoms. The molecular weight excluding hydrogens is 204 g/mol. The predicted octanol–water partition coefficient (Wildman–Crippen LogP) is 0.929. The van der Waals surface area contributed by atoms with Gasteiger partial charge in [0.05, 0.1) is 17.7 Å². The number of aryl methyl sites for hydroxylation is 1. The van der Waals surface area contributed by atoms with Gasteiger partial charge < -0.3 is 10.3 Å². The molecule has 2 aromatic rings. The number of hydrogen-bond acceptors (Lipinski definition) is 3. The summed E-state index contributed by atoms with van der Waals surface area (Å²) < 4.78 is 1.76. The standard InChI is InChI=1S/C11H12N4O/c1-2-8-6-15(7-14-8)9-4-3-5-13-10(9)11(12)16/h3-7H,2H2,1H3,(H2,12,16). The van der Waals surface area contributed by atoms with Gasteiger partial charge in [0.2, 0.25) is 0 Å². The smallest absolute Gasteiger partial charge is 0.269 e. The van der Waals surface area contributed by atoms with Crippen LogP contribution in [0.5, 0.6) is 0 Å². The third kappa shape index (κ3) is 1.79. The number of hydrogen-bond donors (Lipinski definition) is 1. The summed E-state index contributed by atoms with van der Waals surface area (Å²) >= 11 is 0. The van der Waals surface area contributed by atoms with E-state index in [4.69, 9.17) is 5.73 Å². The minimum Gasteiger partial charge on any atom is -0.364 e. The van der Waals surface area contributed by atoms with E-state index in [2.05, 4.69) is 9.97 Å². The second-order valence-electron chi connectivity index (χ2n) is 3.36. The van der Waals surface area contributed by atoms with E-state index in [1.807, 2.05) is 13.1 Å². The maximum absolute atomic E-state index is 11.2. The van der Waals surface area contributed by atoms with E-state index in [1.165, 1.54) is 0 Å². The van der Waals surface area contributed by atoms with E-state index in [0.717, 1.165) is 12.1 Å². The Morgan fingerprint density at radius 1 is 1.50 bits per heavy atom. The number of pyridine rings is 1. The molecule has 0 saturated carbocycles. The quantitative estimate of drug-likeness (QED) is 0.829. The van der Waals surface area contributed by atoms with Crippen molar-refractivity contribution in [1.29, 1.82) is 0 Å². The number of amides is 1. The summed E-state index contributed by atoms with van der Waals surface area (Å²) in [5.74, 6) is -0.539. The first-order valence-corrected chi connectivity index (χ1v) is 5.00. The van der Waals surface area contributed by atoms with Crippen molar-refractivity contribution in [3.63, 3.8) is 0 Å². The summed E-state index contributed by atoms with van der Waals surface area (Å²) in [5, 5.41) is 0. The van der Waals surface area contributed by atoms with Crippen LogP contribution in [0.2, 0.25) is 0 Å². The highest BCUT2D eigenvalue weighted by Gasteiger charge is 2.10.